The molecule has 3 aromatic rings. The molecule has 1 N–H and O–H groups in total. The number of carbonyl (C=O) groups is 1. The van der Waals surface area contributed by atoms with Crippen molar-refractivity contribution >= 4 is 34.0 Å². The summed E-state index contributed by atoms with van der Waals surface area (Å²) in [4.78, 5) is 16.7. The quantitative estimate of drug-likeness (QED) is 0.736. The molecule has 7 heteroatoms. The van der Waals surface area contributed by atoms with Gasteiger partial charge < -0.3 is 9.47 Å². The maximum absolute atomic E-state index is 12.2. The summed E-state index contributed by atoms with van der Waals surface area (Å²) in [6, 6.07) is 12.4. The number of nitrogens with one attached hydrogen (secondary N) is 1. The third-order valence-electron chi connectivity index (χ3n) is 3.67. The van der Waals surface area contributed by atoms with E-state index in [2.05, 4.69) is 10.3 Å². The molecule has 0 bridgehead atoms. The summed E-state index contributed by atoms with van der Waals surface area (Å²) in [5.41, 5.74) is 2.21. The van der Waals surface area contributed by atoms with Gasteiger partial charge in [0.2, 0.25) is 0 Å². The van der Waals surface area contributed by atoms with Gasteiger partial charge in [-0.15, -0.1) is 11.3 Å². The van der Waals surface area contributed by atoms with Crippen molar-refractivity contribution in [3.8, 4) is 22.8 Å². The van der Waals surface area contributed by atoms with Gasteiger partial charge in [0.1, 0.15) is 13.2 Å². The lowest BCUT2D eigenvalue weighted by Gasteiger charge is -2.18. The average Bonchev–Trinajstić information content (AvgIpc) is 3.10. The van der Waals surface area contributed by atoms with Crippen LogP contribution in [0.1, 0.15) is 10.4 Å². The summed E-state index contributed by atoms with van der Waals surface area (Å²) in [5, 5.41) is 5.81. The highest BCUT2D eigenvalue weighted by Gasteiger charge is 2.14. The molecule has 2 heterocycles. The monoisotopic (exact) mass is 372 g/mol. The van der Waals surface area contributed by atoms with Crippen LogP contribution in [0.4, 0.5) is 5.13 Å². The molecule has 126 valence electrons. The standard InChI is InChI=1S/C18H13ClN2O3S/c19-13-4-1-11(2-5-13)17(22)21-18-20-14(10-25-18)12-3-6-15-16(9-12)24-8-7-23-15/h1-6,9-10H,7-8H2,(H,20,21,22). The van der Waals surface area contributed by atoms with E-state index in [0.717, 1.165) is 17.0 Å². The Labute approximate surface area is 153 Å². The van der Waals surface area contributed by atoms with E-state index in [1.807, 2.05) is 23.6 Å². The highest BCUT2D eigenvalue weighted by atomic mass is 35.5. The largest absolute Gasteiger partial charge is 0.486 e. The van der Waals surface area contributed by atoms with Crippen LogP contribution >= 0.6 is 22.9 Å². The number of rotatable bonds is 3. The smallest absolute Gasteiger partial charge is 0.257 e. The summed E-state index contributed by atoms with van der Waals surface area (Å²) in [5.74, 6) is 1.23. The summed E-state index contributed by atoms with van der Waals surface area (Å²) in [6.45, 7) is 1.10. The fraction of sp³-hybridized carbons (Fsp3) is 0.111. The van der Waals surface area contributed by atoms with Crippen molar-refractivity contribution in [3.63, 3.8) is 0 Å². The number of hydrogen-bond donors (Lipinski definition) is 1. The van der Waals surface area contributed by atoms with Gasteiger partial charge in [-0.05, 0) is 42.5 Å². The van der Waals surface area contributed by atoms with Crippen molar-refractivity contribution in [1.29, 1.82) is 0 Å². The second kappa shape index (κ2) is 6.74. The van der Waals surface area contributed by atoms with E-state index in [1.165, 1.54) is 11.3 Å². The van der Waals surface area contributed by atoms with Gasteiger partial charge in [-0.3, -0.25) is 10.1 Å². The molecule has 0 radical (unpaired) electrons. The van der Waals surface area contributed by atoms with Crippen molar-refractivity contribution in [2.75, 3.05) is 18.5 Å². The van der Waals surface area contributed by atoms with Crippen LogP contribution in [0, 0.1) is 0 Å². The minimum Gasteiger partial charge on any atom is -0.486 e. The van der Waals surface area contributed by atoms with Crippen molar-refractivity contribution < 1.29 is 14.3 Å². The number of hydrogen-bond acceptors (Lipinski definition) is 5. The normalized spacial score (nSPS) is 12.7. The Morgan fingerprint density at radius 2 is 1.84 bits per heavy atom. The number of ether oxygens (including phenoxy) is 2. The van der Waals surface area contributed by atoms with Crippen molar-refractivity contribution in [2.45, 2.75) is 0 Å². The molecular formula is C18H13ClN2O3S. The topological polar surface area (TPSA) is 60.5 Å². The lowest BCUT2D eigenvalue weighted by atomic mass is 10.1. The minimum atomic E-state index is -0.222. The first kappa shape index (κ1) is 15.9. The van der Waals surface area contributed by atoms with Gasteiger partial charge in [0.15, 0.2) is 16.6 Å². The molecule has 2 aromatic carbocycles. The SMILES string of the molecule is O=C(Nc1nc(-c2ccc3c(c2)OCCO3)cs1)c1ccc(Cl)cc1. The maximum atomic E-state index is 12.2. The Morgan fingerprint density at radius 3 is 2.64 bits per heavy atom. The highest BCUT2D eigenvalue weighted by molar-refractivity contribution is 7.14. The Kier molecular flexibility index (Phi) is 4.29. The number of amides is 1. The van der Waals surface area contributed by atoms with Gasteiger partial charge in [0, 0.05) is 21.5 Å². The van der Waals surface area contributed by atoms with Crippen LogP contribution in [0.5, 0.6) is 11.5 Å². The molecule has 1 aliphatic rings. The first-order chi connectivity index (χ1) is 12.2. The summed E-state index contributed by atoms with van der Waals surface area (Å²) < 4.78 is 11.1. The average molecular weight is 373 g/mol. The molecule has 1 aliphatic heterocycles. The molecule has 0 saturated heterocycles. The number of halogens is 1. The number of aromatic nitrogens is 1. The van der Waals surface area contributed by atoms with Gasteiger partial charge in [0.25, 0.3) is 5.91 Å². The van der Waals surface area contributed by atoms with E-state index in [-0.39, 0.29) is 5.91 Å². The third kappa shape index (κ3) is 3.45. The number of benzene rings is 2. The second-order valence-electron chi connectivity index (χ2n) is 5.36. The molecule has 0 atom stereocenters. The fourth-order valence-corrected chi connectivity index (χ4v) is 3.28. The van der Waals surface area contributed by atoms with E-state index in [0.29, 0.717) is 34.7 Å². The van der Waals surface area contributed by atoms with Crippen LogP contribution in [-0.2, 0) is 0 Å². The van der Waals surface area contributed by atoms with E-state index < -0.39 is 0 Å². The number of thiazole rings is 1. The van der Waals surface area contributed by atoms with Gasteiger partial charge in [0.05, 0.1) is 5.69 Å². The van der Waals surface area contributed by atoms with Gasteiger partial charge in [-0.25, -0.2) is 4.98 Å². The molecule has 0 fully saturated rings. The predicted molar refractivity (Wildman–Crippen MR) is 97.9 cm³/mol. The fourth-order valence-electron chi connectivity index (χ4n) is 2.44. The molecular weight excluding hydrogens is 360 g/mol. The zero-order chi connectivity index (χ0) is 17.2. The number of nitrogens with zero attached hydrogens (tertiary/aromatic N) is 1. The Hall–Kier alpha value is -2.57. The van der Waals surface area contributed by atoms with Crippen LogP contribution in [0.3, 0.4) is 0 Å². The molecule has 5 nitrogen and oxygen atoms in total. The van der Waals surface area contributed by atoms with E-state index >= 15 is 0 Å². The number of carbonyl (C=O) groups excluding carboxylic acids is 1. The van der Waals surface area contributed by atoms with Gasteiger partial charge in [-0.1, -0.05) is 11.6 Å². The van der Waals surface area contributed by atoms with Crippen LogP contribution in [0.15, 0.2) is 47.8 Å². The van der Waals surface area contributed by atoms with Crippen molar-refractivity contribution in [3.05, 3.63) is 58.4 Å². The molecule has 0 spiro atoms. The van der Waals surface area contributed by atoms with E-state index in [9.17, 15) is 4.79 Å². The van der Waals surface area contributed by atoms with Crippen LogP contribution < -0.4 is 14.8 Å². The summed E-state index contributed by atoms with van der Waals surface area (Å²) in [6.07, 6.45) is 0. The minimum absolute atomic E-state index is 0.222. The van der Waals surface area contributed by atoms with Crippen molar-refractivity contribution in [2.24, 2.45) is 0 Å². The molecule has 25 heavy (non-hydrogen) atoms. The number of anilines is 1. The van der Waals surface area contributed by atoms with Crippen LogP contribution in [0.25, 0.3) is 11.3 Å². The zero-order valence-electron chi connectivity index (χ0n) is 13.0. The Bertz CT molecular complexity index is 924. The maximum Gasteiger partial charge on any atom is 0.257 e. The van der Waals surface area contributed by atoms with Gasteiger partial charge in [-0.2, -0.15) is 0 Å². The molecule has 1 amide bonds. The second-order valence-corrected chi connectivity index (χ2v) is 6.65. The Balaban J connectivity index is 1.52. The molecule has 0 unspecified atom stereocenters. The first-order valence-electron chi connectivity index (χ1n) is 7.61. The first-order valence-corrected chi connectivity index (χ1v) is 8.87. The summed E-state index contributed by atoms with van der Waals surface area (Å²) >= 11 is 7.20. The molecule has 0 saturated carbocycles. The molecule has 4 rings (SSSR count). The lowest BCUT2D eigenvalue weighted by Crippen LogP contribution is -2.15. The van der Waals surface area contributed by atoms with E-state index in [4.69, 9.17) is 21.1 Å². The van der Waals surface area contributed by atoms with Crippen LogP contribution in [0.2, 0.25) is 5.02 Å². The zero-order valence-corrected chi connectivity index (χ0v) is 14.6. The van der Waals surface area contributed by atoms with Crippen LogP contribution in [-0.4, -0.2) is 24.1 Å². The third-order valence-corrected chi connectivity index (χ3v) is 4.68. The molecule has 0 aliphatic carbocycles. The molecule has 1 aromatic heterocycles. The number of fused-ring (bicyclic) bond motifs is 1. The Morgan fingerprint density at radius 1 is 1.08 bits per heavy atom. The van der Waals surface area contributed by atoms with Crippen molar-refractivity contribution in [1.82, 2.24) is 4.98 Å². The summed E-state index contributed by atoms with van der Waals surface area (Å²) in [7, 11) is 0. The van der Waals surface area contributed by atoms with E-state index in [1.54, 1.807) is 24.3 Å². The highest BCUT2D eigenvalue weighted by Crippen LogP contribution is 2.35. The predicted octanol–water partition coefficient (Wildman–Crippen LogP) is 4.49. The van der Waals surface area contributed by atoms with Gasteiger partial charge >= 0.3 is 0 Å². The lowest BCUT2D eigenvalue weighted by molar-refractivity contribution is 0.102.